The minimum atomic E-state index is 0.547. The number of rotatable bonds is 6. The third-order valence-electron chi connectivity index (χ3n) is 2.54. The lowest BCUT2D eigenvalue weighted by molar-refractivity contribution is 0.708. The molecule has 1 aromatic rings. The van der Waals surface area contributed by atoms with E-state index < -0.39 is 0 Å². The molecule has 1 heteroatoms. The summed E-state index contributed by atoms with van der Waals surface area (Å²) in [7, 11) is 0. The Kier molecular flexibility index (Phi) is 5.69. The van der Waals surface area contributed by atoms with Crippen LogP contribution in [0.15, 0.2) is 49.6 Å². The third kappa shape index (κ3) is 3.49. The first-order valence-corrected chi connectivity index (χ1v) is 6.71. The lowest BCUT2D eigenvalue weighted by atomic mass is 9.89. The standard InChI is InChI=1S/C14H17I/c1-3-7-12(8-4-2)14-10-6-5-9-13(14)11-15/h3-6,9-10,12H,1-2,7-8,11H2. The van der Waals surface area contributed by atoms with E-state index >= 15 is 0 Å². The first-order valence-electron chi connectivity index (χ1n) is 5.19. The molecule has 0 aromatic heterocycles. The maximum Gasteiger partial charge on any atom is 0.0249 e. The lowest BCUT2D eigenvalue weighted by Crippen LogP contribution is -2.00. The number of allylic oxidation sites excluding steroid dienone is 2. The molecule has 0 aliphatic carbocycles. The number of alkyl halides is 1. The molecule has 1 rings (SSSR count). The van der Waals surface area contributed by atoms with Crippen LogP contribution < -0.4 is 0 Å². The molecule has 0 atom stereocenters. The van der Waals surface area contributed by atoms with Gasteiger partial charge >= 0.3 is 0 Å². The highest BCUT2D eigenvalue weighted by Crippen LogP contribution is 2.28. The second kappa shape index (κ2) is 6.83. The first kappa shape index (κ1) is 12.5. The van der Waals surface area contributed by atoms with Crippen LogP contribution in [0.4, 0.5) is 0 Å². The van der Waals surface area contributed by atoms with E-state index in [1.54, 1.807) is 0 Å². The number of hydrogen-bond donors (Lipinski definition) is 0. The van der Waals surface area contributed by atoms with Crippen molar-refractivity contribution in [2.45, 2.75) is 23.2 Å². The van der Waals surface area contributed by atoms with E-state index in [9.17, 15) is 0 Å². The summed E-state index contributed by atoms with van der Waals surface area (Å²) in [5.41, 5.74) is 2.89. The van der Waals surface area contributed by atoms with Crippen molar-refractivity contribution in [2.75, 3.05) is 0 Å². The Morgan fingerprint density at radius 3 is 2.27 bits per heavy atom. The fraction of sp³-hybridized carbons (Fsp3) is 0.286. The van der Waals surface area contributed by atoms with Gasteiger partial charge in [0.2, 0.25) is 0 Å². The normalized spacial score (nSPS) is 10.3. The Balaban J connectivity index is 2.97. The van der Waals surface area contributed by atoms with Gasteiger partial charge in [0, 0.05) is 4.43 Å². The van der Waals surface area contributed by atoms with Crippen molar-refractivity contribution in [1.29, 1.82) is 0 Å². The summed E-state index contributed by atoms with van der Waals surface area (Å²) in [6.45, 7) is 7.66. The molecule has 0 aliphatic heterocycles. The summed E-state index contributed by atoms with van der Waals surface area (Å²) in [4.78, 5) is 0. The van der Waals surface area contributed by atoms with Gasteiger partial charge in [-0.15, -0.1) is 13.2 Å². The molecule has 0 N–H and O–H groups in total. The average Bonchev–Trinajstić information content (AvgIpc) is 2.29. The molecule has 0 heterocycles. The summed E-state index contributed by atoms with van der Waals surface area (Å²) in [5.74, 6) is 0.547. The Morgan fingerprint density at radius 2 is 1.73 bits per heavy atom. The fourth-order valence-electron chi connectivity index (χ4n) is 1.81. The van der Waals surface area contributed by atoms with Crippen molar-refractivity contribution >= 4 is 22.6 Å². The van der Waals surface area contributed by atoms with E-state index in [1.165, 1.54) is 11.1 Å². The lowest BCUT2D eigenvalue weighted by Gasteiger charge is -2.16. The molecule has 0 nitrogen and oxygen atoms in total. The van der Waals surface area contributed by atoms with Crippen LogP contribution in [0, 0.1) is 0 Å². The Morgan fingerprint density at radius 1 is 1.13 bits per heavy atom. The molecule has 80 valence electrons. The van der Waals surface area contributed by atoms with Gasteiger partial charge in [0.1, 0.15) is 0 Å². The summed E-state index contributed by atoms with van der Waals surface area (Å²) >= 11 is 2.42. The van der Waals surface area contributed by atoms with E-state index in [2.05, 4.69) is 60.0 Å². The van der Waals surface area contributed by atoms with Gasteiger partial charge in [0.25, 0.3) is 0 Å². The molecular weight excluding hydrogens is 295 g/mol. The van der Waals surface area contributed by atoms with Gasteiger partial charge in [-0.25, -0.2) is 0 Å². The average molecular weight is 312 g/mol. The highest BCUT2D eigenvalue weighted by Gasteiger charge is 2.11. The molecule has 0 amide bonds. The topological polar surface area (TPSA) is 0 Å². The van der Waals surface area contributed by atoms with Crippen molar-refractivity contribution < 1.29 is 0 Å². The van der Waals surface area contributed by atoms with Crippen molar-refractivity contribution in [3.8, 4) is 0 Å². The molecule has 0 saturated heterocycles. The zero-order chi connectivity index (χ0) is 11.1. The van der Waals surface area contributed by atoms with Crippen LogP contribution >= 0.6 is 22.6 Å². The van der Waals surface area contributed by atoms with Gasteiger partial charge in [-0.2, -0.15) is 0 Å². The largest absolute Gasteiger partial charge is 0.103 e. The molecule has 1 aromatic carbocycles. The Labute approximate surface area is 106 Å². The molecule has 0 fully saturated rings. The minimum Gasteiger partial charge on any atom is -0.103 e. The molecule has 15 heavy (non-hydrogen) atoms. The number of benzene rings is 1. The minimum absolute atomic E-state index is 0.547. The maximum absolute atomic E-state index is 3.83. The smallest absolute Gasteiger partial charge is 0.0249 e. The summed E-state index contributed by atoms with van der Waals surface area (Å²) in [6.07, 6.45) is 6.05. The van der Waals surface area contributed by atoms with E-state index in [0.29, 0.717) is 5.92 Å². The maximum atomic E-state index is 3.83. The van der Waals surface area contributed by atoms with Crippen LogP contribution in [-0.2, 0) is 4.43 Å². The van der Waals surface area contributed by atoms with Gasteiger partial charge in [-0.3, -0.25) is 0 Å². The highest BCUT2D eigenvalue weighted by atomic mass is 127. The van der Waals surface area contributed by atoms with Gasteiger partial charge < -0.3 is 0 Å². The zero-order valence-corrected chi connectivity index (χ0v) is 11.1. The predicted octanol–water partition coefficient (Wildman–Crippen LogP) is 4.86. The molecule has 0 unspecified atom stereocenters. The van der Waals surface area contributed by atoms with Crippen LogP contribution in [0.25, 0.3) is 0 Å². The summed E-state index contributed by atoms with van der Waals surface area (Å²) in [5, 5.41) is 0. The number of hydrogen-bond acceptors (Lipinski definition) is 0. The van der Waals surface area contributed by atoms with Crippen LogP contribution in [-0.4, -0.2) is 0 Å². The molecule has 0 saturated carbocycles. The van der Waals surface area contributed by atoms with Crippen molar-refractivity contribution in [3.05, 3.63) is 60.7 Å². The van der Waals surface area contributed by atoms with E-state index in [-0.39, 0.29) is 0 Å². The molecule has 0 spiro atoms. The highest BCUT2D eigenvalue weighted by molar-refractivity contribution is 14.1. The second-order valence-corrected chi connectivity index (χ2v) is 4.34. The quantitative estimate of drug-likeness (QED) is 0.400. The fourth-order valence-corrected chi connectivity index (χ4v) is 2.50. The molecule has 0 aliphatic rings. The number of halogens is 1. The van der Waals surface area contributed by atoms with Crippen molar-refractivity contribution in [2.24, 2.45) is 0 Å². The van der Waals surface area contributed by atoms with E-state index in [0.717, 1.165) is 17.3 Å². The van der Waals surface area contributed by atoms with Crippen molar-refractivity contribution in [3.63, 3.8) is 0 Å². The molecule has 0 radical (unpaired) electrons. The summed E-state index contributed by atoms with van der Waals surface area (Å²) < 4.78 is 1.07. The van der Waals surface area contributed by atoms with E-state index in [1.807, 2.05) is 12.2 Å². The monoisotopic (exact) mass is 312 g/mol. The molecular formula is C14H17I. The second-order valence-electron chi connectivity index (χ2n) is 3.58. The summed E-state index contributed by atoms with van der Waals surface area (Å²) in [6, 6.07) is 8.66. The first-order chi connectivity index (χ1) is 7.33. The predicted molar refractivity (Wildman–Crippen MR) is 76.5 cm³/mol. The van der Waals surface area contributed by atoms with Crippen LogP contribution in [0.3, 0.4) is 0 Å². The van der Waals surface area contributed by atoms with Crippen molar-refractivity contribution in [1.82, 2.24) is 0 Å². The Bertz CT molecular complexity index is 318. The third-order valence-corrected chi connectivity index (χ3v) is 3.36. The van der Waals surface area contributed by atoms with Gasteiger partial charge in [0.05, 0.1) is 0 Å². The van der Waals surface area contributed by atoms with Crippen LogP contribution in [0.2, 0.25) is 0 Å². The zero-order valence-electron chi connectivity index (χ0n) is 8.95. The van der Waals surface area contributed by atoms with Crippen LogP contribution in [0.1, 0.15) is 29.9 Å². The van der Waals surface area contributed by atoms with Gasteiger partial charge in [0.15, 0.2) is 0 Å². The SMILES string of the molecule is C=CCC(CC=C)c1ccccc1CI. The Hall–Kier alpha value is -0.570. The van der Waals surface area contributed by atoms with Gasteiger partial charge in [-0.05, 0) is 29.9 Å². The molecule has 0 bridgehead atoms. The van der Waals surface area contributed by atoms with E-state index in [4.69, 9.17) is 0 Å². The van der Waals surface area contributed by atoms with Gasteiger partial charge in [-0.1, -0.05) is 59.0 Å². The van der Waals surface area contributed by atoms with Crippen LogP contribution in [0.5, 0.6) is 0 Å².